The molecule has 2 saturated heterocycles. The lowest BCUT2D eigenvalue weighted by Gasteiger charge is -2.33. The molecule has 0 spiro atoms. The van der Waals surface area contributed by atoms with Gasteiger partial charge in [-0.2, -0.15) is 0 Å². The number of nitrogens with zero attached hydrogens (tertiary/aromatic N) is 3. The smallest absolute Gasteiger partial charge is 0.319 e. The number of thiazole rings is 1. The van der Waals surface area contributed by atoms with Crippen LogP contribution in [0.15, 0.2) is 54.6 Å². The van der Waals surface area contributed by atoms with Crippen LogP contribution in [0.25, 0.3) is 10.2 Å². The molecule has 0 saturated carbocycles. The fourth-order valence-corrected chi connectivity index (χ4v) is 5.84. The number of carbonyl (C=O) groups excluding carboxylic acids is 2. The monoisotopic (exact) mass is 434 g/mol. The van der Waals surface area contributed by atoms with E-state index in [0.717, 1.165) is 37.0 Å². The van der Waals surface area contributed by atoms with Crippen molar-refractivity contribution in [3.8, 4) is 0 Å². The number of aromatic nitrogens is 1. The molecule has 5 rings (SSSR count). The molecule has 0 radical (unpaired) electrons. The zero-order chi connectivity index (χ0) is 21.4. The Balaban J connectivity index is 1.26. The first-order valence-corrected chi connectivity index (χ1v) is 11.7. The van der Waals surface area contributed by atoms with E-state index in [1.807, 2.05) is 43.3 Å². The summed E-state index contributed by atoms with van der Waals surface area (Å²) in [6.45, 7) is 3.98. The van der Waals surface area contributed by atoms with Crippen molar-refractivity contribution in [1.29, 1.82) is 0 Å². The lowest BCUT2D eigenvalue weighted by Crippen LogP contribution is -2.46. The van der Waals surface area contributed by atoms with E-state index in [-0.39, 0.29) is 11.9 Å². The molecular weight excluding hydrogens is 408 g/mol. The van der Waals surface area contributed by atoms with Gasteiger partial charge in [0.1, 0.15) is 5.54 Å². The molecule has 7 heteroatoms. The minimum Gasteiger partial charge on any atom is -0.319 e. The average Bonchev–Trinajstić information content (AvgIpc) is 3.35. The number of para-hydroxylation sites is 1. The number of urea groups is 1. The van der Waals surface area contributed by atoms with E-state index in [0.29, 0.717) is 19.0 Å². The Kier molecular flexibility index (Phi) is 5.24. The number of rotatable bonds is 5. The Morgan fingerprint density at radius 2 is 1.77 bits per heavy atom. The van der Waals surface area contributed by atoms with Crippen LogP contribution in [0.3, 0.4) is 0 Å². The van der Waals surface area contributed by atoms with E-state index in [1.165, 1.54) is 14.6 Å². The van der Waals surface area contributed by atoms with Crippen molar-refractivity contribution >= 4 is 33.5 Å². The van der Waals surface area contributed by atoms with Crippen LogP contribution < -0.4 is 5.32 Å². The number of carbonyl (C=O) groups is 2. The highest BCUT2D eigenvalue weighted by Crippen LogP contribution is 2.35. The molecule has 2 fully saturated rings. The summed E-state index contributed by atoms with van der Waals surface area (Å²) in [5, 5.41) is 4.17. The van der Waals surface area contributed by atoms with Gasteiger partial charge in [-0.05, 0) is 37.0 Å². The lowest BCUT2D eigenvalue weighted by atomic mass is 9.87. The first-order valence-electron chi connectivity index (χ1n) is 10.9. The Morgan fingerprint density at radius 1 is 1.06 bits per heavy atom. The fraction of sp³-hybridized carbons (Fsp3) is 0.375. The van der Waals surface area contributed by atoms with Crippen molar-refractivity contribution in [3.05, 3.63) is 65.2 Å². The maximum absolute atomic E-state index is 13.3. The standard InChI is InChI=1S/C24H26N4O2S/c1-2-24(18-8-4-3-5-9-18)22(29)28(23(30)26-24)16-27-14-12-17(13-15-27)21-25-19-10-6-7-11-20(19)31-21/h3-11,17H,2,12-16H2,1H3,(H,26,30)/t24-/m1/s1. The van der Waals surface area contributed by atoms with Crippen LogP contribution in [0.1, 0.15) is 42.7 Å². The number of hydrogen-bond donors (Lipinski definition) is 1. The van der Waals surface area contributed by atoms with Gasteiger partial charge in [0.05, 0.1) is 21.9 Å². The summed E-state index contributed by atoms with van der Waals surface area (Å²) in [5.41, 5.74) is 0.950. The second-order valence-corrected chi connectivity index (χ2v) is 9.40. The molecule has 1 N–H and O–H groups in total. The highest BCUT2D eigenvalue weighted by Gasteiger charge is 2.51. The van der Waals surface area contributed by atoms with Crippen molar-refractivity contribution in [1.82, 2.24) is 20.1 Å². The van der Waals surface area contributed by atoms with Crippen molar-refractivity contribution in [2.24, 2.45) is 0 Å². The lowest BCUT2D eigenvalue weighted by molar-refractivity contribution is -0.133. The number of imide groups is 1. The largest absolute Gasteiger partial charge is 0.326 e. The van der Waals surface area contributed by atoms with Crippen molar-refractivity contribution in [3.63, 3.8) is 0 Å². The normalized spacial score (nSPS) is 22.9. The Bertz CT molecular complexity index is 1070. The Labute approximate surface area is 185 Å². The molecule has 2 aliphatic heterocycles. The summed E-state index contributed by atoms with van der Waals surface area (Å²) in [4.78, 5) is 34.5. The molecule has 2 aliphatic rings. The third-order valence-corrected chi connectivity index (χ3v) is 7.76. The van der Waals surface area contributed by atoms with Gasteiger partial charge in [-0.1, -0.05) is 49.4 Å². The summed E-state index contributed by atoms with van der Waals surface area (Å²) in [7, 11) is 0. The topological polar surface area (TPSA) is 65.5 Å². The van der Waals surface area contributed by atoms with Crippen LogP contribution in [0.5, 0.6) is 0 Å². The second-order valence-electron chi connectivity index (χ2n) is 8.34. The minimum absolute atomic E-state index is 0.153. The summed E-state index contributed by atoms with van der Waals surface area (Å²) >= 11 is 1.78. The van der Waals surface area contributed by atoms with Crippen LogP contribution in [0, 0.1) is 0 Å². The summed E-state index contributed by atoms with van der Waals surface area (Å²) in [6.07, 6.45) is 2.50. The molecule has 3 heterocycles. The van der Waals surface area contributed by atoms with Crippen molar-refractivity contribution in [2.45, 2.75) is 37.6 Å². The third kappa shape index (κ3) is 3.51. The maximum atomic E-state index is 13.3. The SMILES string of the molecule is CC[C@]1(c2ccccc2)NC(=O)N(CN2CCC(c3nc4ccccc4s3)CC2)C1=O. The second kappa shape index (κ2) is 8.05. The predicted molar refractivity (Wildman–Crippen MR) is 122 cm³/mol. The predicted octanol–water partition coefficient (Wildman–Crippen LogP) is 4.29. The molecule has 1 atom stereocenters. The van der Waals surface area contributed by atoms with Gasteiger partial charge < -0.3 is 5.32 Å². The summed E-state index contributed by atoms with van der Waals surface area (Å²) < 4.78 is 1.23. The zero-order valence-corrected chi connectivity index (χ0v) is 18.4. The zero-order valence-electron chi connectivity index (χ0n) is 17.6. The van der Waals surface area contributed by atoms with Crippen LogP contribution in [-0.4, -0.2) is 46.5 Å². The van der Waals surface area contributed by atoms with Crippen LogP contribution in [-0.2, 0) is 10.3 Å². The van der Waals surface area contributed by atoms with E-state index in [9.17, 15) is 9.59 Å². The molecule has 1 aromatic heterocycles. The Morgan fingerprint density at radius 3 is 2.48 bits per heavy atom. The van der Waals surface area contributed by atoms with E-state index in [2.05, 4.69) is 28.4 Å². The summed E-state index contributed by atoms with van der Waals surface area (Å²) in [5.74, 6) is 0.287. The van der Waals surface area contributed by atoms with Gasteiger partial charge in [0, 0.05) is 19.0 Å². The van der Waals surface area contributed by atoms with Gasteiger partial charge in [-0.3, -0.25) is 9.69 Å². The molecule has 0 aliphatic carbocycles. The van der Waals surface area contributed by atoms with Gasteiger partial charge in [0.15, 0.2) is 0 Å². The van der Waals surface area contributed by atoms with Gasteiger partial charge >= 0.3 is 6.03 Å². The third-order valence-electron chi connectivity index (χ3n) is 6.56. The molecule has 0 bridgehead atoms. The molecule has 3 amide bonds. The molecule has 31 heavy (non-hydrogen) atoms. The van der Waals surface area contributed by atoms with Crippen molar-refractivity contribution < 1.29 is 9.59 Å². The number of piperidine rings is 1. The number of fused-ring (bicyclic) bond motifs is 1. The quantitative estimate of drug-likeness (QED) is 0.609. The number of hydrogen-bond acceptors (Lipinski definition) is 5. The molecular formula is C24H26N4O2S. The first kappa shape index (κ1) is 20.2. The van der Waals surface area contributed by atoms with E-state index < -0.39 is 5.54 Å². The van der Waals surface area contributed by atoms with Crippen molar-refractivity contribution in [2.75, 3.05) is 19.8 Å². The number of amides is 3. The maximum Gasteiger partial charge on any atom is 0.326 e. The molecule has 160 valence electrons. The van der Waals surface area contributed by atoms with E-state index in [4.69, 9.17) is 4.98 Å². The number of benzene rings is 2. The first-order chi connectivity index (χ1) is 15.1. The van der Waals surface area contributed by atoms with E-state index in [1.54, 1.807) is 11.3 Å². The summed E-state index contributed by atoms with van der Waals surface area (Å²) in [6, 6.07) is 17.5. The van der Waals surface area contributed by atoms with E-state index >= 15 is 0 Å². The van der Waals surface area contributed by atoms with Gasteiger partial charge in [0.2, 0.25) is 0 Å². The van der Waals surface area contributed by atoms with Gasteiger partial charge in [0.25, 0.3) is 5.91 Å². The fourth-order valence-electron chi connectivity index (χ4n) is 4.70. The van der Waals surface area contributed by atoms with Crippen LogP contribution >= 0.6 is 11.3 Å². The highest BCUT2D eigenvalue weighted by molar-refractivity contribution is 7.18. The van der Waals surface area contributed by atoms with Gasteiger partial charge in [-0.25, -0.2) is 14.7 Å². The molecule has 0 unspecified atom stereocenters. The van der Waals surface area contributed by atoms with Crippen LogP contribution in [0.4, 0.5) is 4.79 Å². The van der Waals surface area contributed by atoms with Gasteiger partial charge in [-0.15, -0.1) is 11.3 Å². The number of likely N-dealkylation sites (tertiary alicyclic amines) is 1. The van der Waals surface area contributed by atoms with Crippen LogP contribution in [0.2, 0.25) is 0 Å². The molecule has 3 aromatic rings. The molecule has 6 nitrogen and oxygen atoms in total. The number of nitrogens with one attached hydrogen (secondary N) is 1. The average molecular weight is 435 g/mol. The molecule has 2 aromatic carbocycles. The minimum atomic E-state index is -0.961. The highest BCUT2D eigenvalue weighted by atomic mass is 32.1. The Hall–Kier alpha value is -2.77.